The van der Waals surface area contributed by atoms with Crippen LogP contribution in [0.15, 0.2) is 17.2 Å². The third-order valence-electron chi connectivity index (χ3n) is 4.74. The Labute approximate surface area is 161 Å². The van der Waals surface area contributed by atoms with E-state index in [9.17, 15) is 35.9 Å². The number of benzene rings is 1. The molecule has 0 aromatic heterocycles. The quantitative estimate of drug-likeness (QED) is 0.423. The average Bonchev–Trinajstić information content (AvgIpc) is 2.96. The van der Waals surface area contributed by atoms with E-state index in [1.807, 2.05) is 0 Å². The average molecular weight is 422 g/mol. The fraction of sp³-hybridized carbons (Fsp3) is 0.471. The summed E-state index contributed by atoms with van der Waals surface area (Å²) >= 11 is 0. The highest BCUT2D eigenvalue weighted by molar-refractivity contribution is 5.99. The second-order valence-electron chi connectivity index (χ2n) is 6.76. The fourth-order valence-electron chi connectivity index (χ4n) is 3.31. The highest BCUT2D eigenvalue weighted by atomic mass is 19.4. The first-order valence-electron chi connectivity index (χ1n) is 8.55. The fourth-order valence-corrected chi connectivity index (χ4v) is 3.31. The van der Waals surface area contributed by atoms with Crippen LogP contribution >= 0.6 is 0 Å². The molecular weight excluding hydrogens is 406 g/mol. The summed E-state index contributed by atoms with van der Waals surface area (Å²) in [5, 5.41) is 4.58. The molecule has 29 heavy (non-hydrogen) atoms. The van der Waals surface area contributed by atoms with E-state index in [2.05, 4.69) is 5.10 Å². The molecule has 1 aromatic carbocycles. The molecule has 0 aliphatic carbocycles. The van der Waals surface area contributed by atoms with E-state index in [0.29, 0.717) is 12.1 Å². The van der Waals surface area contributed by atoms with Gasteiger partial charge in [0.25, 0.3) is 0 Å². The molecule has 3 rings (SSSR count). The van der Waals surface area contributed by atoms with E-state index in [-0.39, 0.29) is 25.2 Å². The van der Waals surface area contributed by atoms with Crippen LogP contribution < -0.4 is 0 Å². The van der Waals surface area contributed by atoms with Gasteiger partial charge in [-0.3, -0.25) is 14.6 Å². The van der Waals surface area contributed by atoms with E-state index in [1.165, 1.54) is 11.9 Å². The third-order valence-corrected chi connectivity index (χ3v) is 4.74. The van der Waals surface area contributed by atoms with Gasteiger partial charge >= 0.3 is 6.18 Å². The molecule has 0 bridgehead atoms. The number of amides is 1. The van der Waals surface area contributed by atoms with Gasteiger partial charge in [-0.05, 0) is 11.6 Å². The number of nitrogens with zero attached hydrogens (tertiary/aromatic N) is 4. The van der Waals surface area contributed by atoms with Gasteiger partial charge in [0.15, 0.2) is 11.6 Å². The number of halogens is 6. The first kappa shape index (κ1) is 20.9. The largest absolute Gasteiger partial charge is 0.451 e. The summed E-state index contributed by atoms with van der Waals surface area (Å²) < 4.78 is 78.9. The number of alkyl halides is 3. The zero-order valence-electron chi connectivity index (χ0n) is 15.1. The van der Waals surface area contributed by atoms with Crippen molar-refractivity contribution in [2.45, 2.75) is 25.2 Å². The number of Topliss-reactive ketones (excluding diaryl/α,β-unsaturated/α-hetero) is 1. The van der Waals surface area contributed by atoms with Gasteiger partial charge in [0.2, 0.25) is 11.7 Å². The number of fused-ring (bicyclic) bond motifs is 1. The van der Waals surface area contributed by atoms with Crippen LogP contribution in [0.5, 0.6) is 0 Å². The summed E-state index contributed by atoms with van der Waals surface area (Å²) in [6.45, 7) is -0.276. The Kier molecular flexibility index (Phi) is 5.46. The van der Waals surface area contributed by atoms with Crippen LogP contribution in [-0.4, -0.2) is 71.4 Å². The summed E-state index contributed by atoms with van der Waals surface area (Å²) in [4.78, 5) is 26.7. The molecule has 2 aliphatic rings. The van der Waals surface area contributed by atoms with E-state index >= 15 is 0 Å². The maximum Gasteiger partial charge on any atom is 0.451 e. The zero-order valence-corrected chi connectivity index (χ0v) is 15.1. The van der Waals surface area contributed by atoms with Crippen LogP contribution in [0.2, 0.25) is 0 Å². The second-order valence-corrected chi connectivity index (χ2v) is 6.76. The van der Waals surface area contributed by atoms with Gasteiger partial charge in [-0.25, -0.2) is 13.2 Å². The van der Waals surface area contributed by atoms with Crippen LogP contribution in [0.3, 0.4) is 0 Å². The van der Waals surface area contributed by atoms with Crippen LogP contribution in [0.1, 0.15) is 12.0 Å². The van der Waals surface area contributed by atoms with Crippen molar-refractivity contribution in [1.29, 1.82) is 0 Å². The highest BCUT2D eigenvalue weighted by Crippen LogP contribution is 2.29. The number of carbonyl (C=O) groups is 2. The van der Waals surface area contributed by atoms with Crippen molar-refractivity contribution in [3.8, 4) is 0 Å². The summed E-state index contributed by atoms with van der Waals surface area (Å²) in [5.41, 5.74) is -0.384. The lowest BCUT2D eigenvalue weighted by atomic mass is 10.1. The number of likely N-dealkylation sites (N-methyl/N-ethyl adjacent to an activating group) is 1. The summed E-state index contributed by atoms with van der Waals surface area (Å²) in [6, 6.07) is 0.864. The molecular formula is C17H16F6N4O2. The van der Waals surface area contributed by atoms with Crippen molar-refractivity contribution in [1.82, 2.24) is 14.8 Å². The molecule has 1 aromatic rings. The number of piperazine rings is 1. The minimum Gasteiger partial charge on any atom is -0.337 e. The second kappa shape index (κ2) is 7.56. The third kappa shape index (κ3) is 4.30. The summed E-state index contributed by atoms with van der Waals surface area (Å²) in [5.74, 6) is -6.24. The minimum absolute atomic E-state index is 0.0505. The number of hydrazone groups is 1. The number of rotatable bonds is 4. The first-order valence-corrected chi connectivity index (χ1v) is 8.55. The molecule has 0 radical (unpaired) electrons. The minimum atomic E-state index is -4.63. The van der Waals surface area contributed by atoms with Crippen LogP contribution in [-0.2, 0) is 16.0 Å². The van der Waals surface area contributed by atoms with Crippen molar-refractivity contribution in [3.05, 3.63) is 35.1 Å². The maximum atomic E-state index is 13.6. The van der Waals surface area contributed by atoms with Gasteiger partial charge in [0.05, 0.1) is 13.0 Å². The molecule has 1 fully saturated rings. The zero-order chi connectivity index (χ0) is 21.5. The highest BCUT2D eigenvalue weighted by Gasteiger charge is 2.49. The molecule has 1 atom stereocenters. The van der Waals surface area contributed by atoms with Crippen molar-refractivity contribution in [2.24, 2.45) is 5.10 Å². The van der Waals surface area contributed by atoms with Crippen LogP contribution in [0.4, 0.5) is 26.3 Å². The lowest BCUT2D eigenvalue weighted by Crippen LogP contribution is -2.59. The molecule has 6 nitrogen and oxygen atoms in total. The van der Waals surface area contributed by atoms with Crippen molar-refractivity contribution < 1.29 is 35.9 Å². The normalized spacial score (nSPS) is 19.3. The maximum absolute atomic E-state index is 13.6. The predicted molar refractivity (Wildman–Crippen MR) is 88.0 cm³/mol. The number of hydrogen-bond acceptors (Lipinski definition) is 5. The van der Waals surface area contributed by atoms with Gasteiger partial charge in [-0.2, -0.15) is 18.3 Å². The van der Waals surface area contributed by atoms with Gasteiger partial charge < -0.3 is 9.80 Å². The molecule has 0 spiro atoms. The molecule has 2 aliphatic heterocycles. The summed E-state index contributed by atoms with van der Waals surface area (Å²) in [6.07, 6.45) is -6.69. The number of carbonyl (C=O) groups excluding carboxylic acids is 2. The lowest BCUT2D eigenvalue weighted by molar-refractivity contribution is -0.138. The van der Waals surface area contributed by atoms with Gasteiger partial charge in [0, 0.05) is 32.6 Å². The summed E-state index contributed by atoms with van der Waals surface area (Å²) in [7, 11) is 1.35. The Morgan fingerprint density at radius 3 is 2.41 bits per heavy atom. The Hall–Kier alpha value is -2.79. The topological polar surface area (TPSA) is 56.2 Å². The first-order chi connectivity index (χ1) is 13.5. The standard InChI is InChI=1S/C17H16F6N4O2/c1-25-14-8-26(2-3-27(14)16(24-25)17(21,22)23)15(29)6-10(28)4-9-5-12(19)13(20)7-11(9)18/h5,7,14H,2-4,6,8H2,1H3. The number of amidine groups is 1. The lowest BCUT2D eigenvalue weighted by Gasteiger charge is -2.40. The SMILES string of the molecule is CN1N=C(C(F)(F)F)N2CCN(C(=O)CC(=O)Cc3cc(F)c(F)cc3F)CC12. The molecule has 0 saturated carbocycles. The van der Waals surface area contributed by atoms with Crippen LogP contribution in [0.25, 0.3) is 0 Å². The van der Waals surface area contributed by atoms with E-state index < -0.39 is 60.2 Å². The molecule has 158 valence electrons. The molecule has 0 N–H and O–H groups in total. The Balaban J connectivity index is 1.60. The Bertz CT molecular complexity index is 872. The number of ketones is 1. The molecule has 12 heteroatoms. The van der Waals surface area contributed by atoms with Crippen molar-refractivity contribution in [3.63, 3.8) is 0 Å². The van der Waals surface area contributed by atoms with Crippen LogP contribution in [0, 0.1) is 17.5 Å². The van der Waals surface area contributed by atoms with E-state index in [0.717, 1.165) is 9.91 Å². The molecule has 1 amide bonds. The van der Waals surface area contributed by atoms with E-state index in [1.54, 1.807) is 0 Å². The monoisotopic (exact) mass is 422 g/mol. The van der Waals surface area contributed by atoms with E-state index in [4.69, 9.17) is 0 Å². The van der Waals surface area contributed by atoms with Gasteiger partial charge in [0.1, 0.15) is 17.8 Å². The molecule has 1 saturated heterocycles. The molecule has 1 unspecified atom stereocenters. The Morgan fingerprint density at radius 2 is 1.76 bits per heavy atom. The van der Waals surface area contributed by atoms with Crippen molar-refractivity contribution >= 4 is 17.5 Å². The van der Waals surface area contributed by atoms with Crippen molar-refractivity contribution in [2.75, 3.05) is 26.7 Å². The van der Waals surface area contributed by atoms with Gasteiger partial charge in [-0.15, -0.1) is 0 Å². The predicted octanol–water partition coefficient (Wildman–Crippen LogP) is 1.90. The molecule has 2 heterocycles. The number of hydrogen-bond donors (Lipinski definition) is 0. The smallest absolute Gasteiger partial charge is 0.337 e. The van der Waals surface area contributed by atoms with Gasteiger partial charge in [-0.1, -0.05) is 0 Å². The Morgan fingerprint density at radius 1 is 1.10 bits per heavy atom.